The fourth-order valence-corrected chi connectivity index (χ4v) is 3.49. The van der Waals surface area contributed by atoms with E-state index in [1.807, 2.05) is 43.3 Å². The third kappa shape index (κ3) is 4.49. The molecule has 0 saturated carbocycles. The maximum atomic E-state index is 12.6. The highest BCUT2D eigenvalue weighted by atomic mass is 35.5. The molecule has 1 aliphatic carbocycles. The Bertz CT molecular complexity index is 1040. The average Bonchev–Trinajstić information content (AvgIpc) is 2.70. The van der Waals surface area contributed by atoms with Gasteiger partial charge in [-0.05, 0) is 62.2 Å². The number of anilines is 4. The molecule has 0 atom stereocenters. The number of Topliss-reactive ketones (excluding diaryl/α,β-unsaturated/α-hetero) is 1. The van der Waals surface area contributed by atoms with Gasteiger partial charge in [-0.3, -0.25) is 4.79 Å². The largest absolute Gasteiger partial charge is 0.494 e. The number of aryl methyl sites for hydroxylation is 1. The number of fused-ring (bicyclic) bond motifs is 1. The van der Waals surface area contributed by atoms with E-state index in [1.54, 1.807) is 12.1 Å². The minimum absolute atomic E-state index is 0.0587. The minimum atomic E-state index is 0.0587. The molecule has 1 aliphatic rings. The molecule has 7 heteroatoms. The molecule has 0 amide bonds. The van der Waals surface area contributed by atoms with Gasteiger partial charge < -0.3 is 15.4 Å². The van der Waals surface area contributed by atoms with Crippen molar-refractivity contribution in [3.05, 3.63) is 64.8 Å². The Kier molecular flexibility index (Phi) is 5.62. The van der Waals surface area contributed by atoms with Crippen LogP contribution in [-0.4, -0.2) is 22.4 Å². The number of carbonyl (C=O) groups excluding carboxylic acids is 1. The molecule has 148 valence electrons. The van der Waals surface area contributed by atoms with Crippen molar-refractivity contribution in [2.24, 2.45) is 0 Å². The van der Waals surface area contributed by atoms with Gasteiger partial charge in [0.15, 0.2) is 5.78 Å². The van der Waals surface area contributed by atoms with Crippen molar-refractivity contribution in [2.45, 2.75) is 26.2 Å². The lowest BCUT2D eigenvalue weighted by Gasteiger charge is -2.19. The van der Waals surface area contributed by atoms with Gasteiger partial charge in [0.2, 0.25) is 5.95 Å². The third-order valence-electron chi connectivity index (χ3n) is 4.59. The van der Waals surface area contributed by atoms with Crippen LogP contribution in [0.4, 0.5) is 23.1 Å². The molecule has 0 fully saturated rings. The summed E-state index contributed by atoms with van der Waals surface area (Å²) in [6.45, 7) is 2.57. The van der Waals surface area contributed by atoms with E-state index in [4.69, 9.17) is 16.3 Å². The van der Waals surface area contributed by atoms with Crippen LogP contribution in [0.15, 0.2) is 48.5 Å². The zero-order valence-corrected chi connectivity index (χ0v) is 16.8. The molecule has 6 nitrogen and oxygen atoms in total. The summed E-state index contributed by atoms with van der Waals surface area (Å²) < 4.78 is 5.48. The number of benzene rings is 2. The molecular weight excluding hydrogens is 388 g/mol. The predicted molar refractivity (Wildman–Crippen MR) is 115 cm³/mol. The van der Waals surface area contributed by atoms with Gasteiger partial charge in [0.25, 0.3) is 0 Å². The average molecular weight is 409 g/mol. The lowest BCUT2D eigenvalue weighted by molar-refractivity contribution is 0.0972. The monoisotopic (exact) mass is 408 g/mol. The Morgan fingerprint density at radius 1 is 1.03 bits per heavy atom. The Hall–Kier alpha value is -3.12. The van der Waals surface area contributed by atoms with Crippen molar-refractivity contribution in [1.29, 1.82) is 0 Å². The first-order chi connectivity index (χ1) is 14.1. The number of nitrogens with one attached hydrogen (secondary N) is 2. The Morgan fingerprint density at radius 3 is 2.62 bits per heavy atom. The van der Waals surface area contributed by atoms with E-state index in [0.717, 1.165) is 35.7 Å². The maximum absolute atomic E-state index is 12.6. The Labute approximate surface area is 174 Å². The molecule has 2 aromatic carbocycles. The standard InChI is InChI=1S/C22H21ClN4O2/c1-2-29-17-11-9-15(10-12-17)25-22-26-18-7-4-8-19(28)20(18)21(27-22)24-16-6-3-5-14(23)13-16/h3,5-6,9-13H,2,4,7-8H2,1H3,(H2,24,25,26,27). The van der Waals surface area contributed by atoms with E-state index in [9.17, 15) is 4.79 Å². The number of carbonyl (C=O) groups is 1. The van der Waals surface area contributed by atoms with E-state index >= 15 is 0 Å². The van der Waals surface area contributed by atoms with E-state index in [1.165, 1.54) is 0 Å². The molecule has 0 spiro atoms. The number of ether oxygens (including phenoxy) is 1. The summed E-state index contributed by atoms with van der Waals surface area (Å²) in [6, 6.07) is 14.9. The Balaban J connectivity index is 1.67. The van der Waals surface area contributed by atoms with Crippen molar-refractivity contribution in [1.82, 2.24) is 9.97 Å². The molecule has 4 rings (SSSR count). The molecule has 1 aromatic heterocycles. The summed E-state index contributed by atoms with van der Waals surface area (Å²) in [5.74, 6) is 1.80. The molecule has 0 radical (unpaired) electrons. The highest BCUT2D eigenvalue weighted by molar-refractivity contribution is 6.30. The van der Waals surface area contributed by atoms with Gasteiger partial charge in [-0.2, -0.15) is 4.98 Å². The van der Waals surface area contributed by atoms with Crippen molar-refractivity contribution in [2.75, 3.05) is 17.2 Å². The van der Waals surface area contributed by atoms with Gasteiger partial charge in [0.1, 0.15) is 11.6 Å². The van der Waals surface area contributed by atoms with Crippen molar-refractivity contribution < 1.29 is 9.53 Å². The molecule has 1 heterocycles. The number of aromatic nitrogens is 2. The number of nitrogens with zero attached hydrogens (tertiary/aromatic N) is 2. The molecule has 0 saturated heterocycles. The second-order valence-corrected chi connectivity index (χ2v) is 7.15. The highest BCUT2D eigenvalue weighted by Gasteiger charge is 2.24. The molecule has 0 aliphatic heterocycles. The smallest absolute Gasteiger partial charge is 0.229 e. The van der Waals surface area contributed by atoms with Crippen LogP contribution in [0.25, 0.3) is 0 Å². The van der Waals surface area contributed by atoms with Crippen molar-refractivity contribution in [3.63, 3.8) is 0 Å². The van der Waals surface area contributed by atoms with Gasteiger partial charge >= 0.3 is 0 Å². The van der Waals surface area contributed by atoms with Gasteiger partial charge in [-0.25, -0.2) is 4.98 Å². The summed E-state index contributed by atoms with van der Waals surface area (Å²) in [5, 5.41) is 7.07. The number of hydrogen-bond donors (Lipinski definition) is 2. The van der Waals surface area contributed by atoms with Gasteiger partial charge in [-0.1, -0.05) is 17.7 Å². The second kappa shape index (κ2) is 8.49. The molecule has 2 N–H and O–H groups in total. The third-order valence-corrected chi connectivity index (χ3v) is 4.82. The zero-order valence-electron chi connectivity index (χ0n) is 16.0. The normalized spacial score (nSPS) is 13.0. The number of rotatable bonds is 6. The van der Waals surface area contributed by atoms with Gasteiger partial charge in [0.05, 0.1) is 17.9 Å². The van der Waals surface area contributed by atoms with Crippen molar-refractivity contribution in [3.8, 4) is 5.75 Å². The first-order valence-electron chi connectivity index (χ1n) is 9.59. The van der Waals surface area contributed by atoms with E-state index < -0.39 is 0 Å². The predicted octanol–water partition coefficient (Wildman–Crippen LogP) is 5.53. The number of halogens is 1. The van der Waals surface area contributed by atoms with Crippen LogP contribution in [0, 0.1) is 0 Å². The van der Waals surface area contributed by atoms with E-state index in [-0.39, 0.29) is 5.78 Å². The van der Waals surface area contributed by atoms with Crippen LogP contribution in [0.2, 0.25) is 5.02 Å². The van der Waals surface area contributed by atoms with Gasteiger partial charge in [0, 0.05) is 22.8 Å². The maximum Gasteiger partial charge on any atom is 0.229 e. The van der Waals surface area contributed by atoms with E-state index in [2.05, 4.69) is 20.6 Å². The second-order valence-electron chi connectivity index (χ2n) is 6.71. The highest BCUT2D eigenvalue weighted by Crippen LogP contribution is 2.30. The Morgan fingerprint density at radius 2 is 1.86 bits per heavy atom. The van der Waals surface area contributed by atoms with Crippen LogP contribution in [0.3, 0.4) is 0 Å². The molecule has 0 bridgehead atoms. The molecule has 0 unspecified atom stereocenters. The SMILES string of the molecule is CCOc1ccc(Nc2nc3c(c(Nc4cccc(Cl)c4)n2)C(=O)CCC3)cc1. The first-order valence-corrected chi connectivity index (χ1v) is 9.97. The molecule has 29 heavy (non-hydrogen) atoms. The molecular formula is C22H21ClN4O2. The fraction of sp³-hybridized carbons (Fsp3) is 0.227. The van der Waals surface area contributed by atoms with Gasteiger partial charge in [-0.15, -0.1) is 0 Å². The van der Waals surface area contributed by atoms with Crippen LogP contribution in [0.5, 0.6) is 5.75 Å². The van der Waals surface area contributed by atoms with Crippen LogP contribution < -0.4 is 15.4 Å². The fourth-order valence-electron chi connectivity index (χ4n) is 3.30. The summed E-state index contributed by atoms with van der Waals surface area (Å²) in [5.41, 5.74) is 2.93. The summed E-state index contributed by atoms with van der Waals surface area (Å²) in [4.78, 5) is 21.7. The summed E-state index contributed by atoms with van der Waals surface area (Å²) in [6.07, 6.45) is 2.04. The zero-order chi connectivity index (χ0) is 20.2. The quantitative estimate of drug-likeness (QED) is 0.558. The first kappa shape index (κ1) is 19.2. The number of ketones is 1. The van der Waals surface area contributed by atoms with Crippen molar-refractivity contribution >= 4 is 40.5 Å². The minimum Gasteiger partial charge on any atom is -0.494 e. The topological polar surface area (TPSA) is 76.1 Å². The van der Waals surface area contributed by atoms with Crippen LogP contribution in [0.1, 0.15) is 35.8 Å². The molecule has 3 aromatic rings. The lowest BCUT2D eigenvalue weighted by atomic mass is 9.95. The van der Waals surface area contributed by atoms with E-state index in [0.29, 0.717) is 35.4 Å². The summed E-state index contributed by atoms with van der Waals surface area (Å²) in [7, 11) is 0. The summed E-state index contributed by atoms with van der Waals surface area (Å²) >= 11 is 6.09. The van der Waals surface area contributed by atoms with Crippen LogP contribution in [-0.2, 0) is 6.42 Å². The lowest BCUT2D eigenvalue weighted by Crippen LogP contribution is -2.17. The van der Waals surface area contributed by atoms with Crippen LogP contribution >= 0.6 is 11.6 Å². The number of hydrogen-bond acceptors (Lipinski definition) is 6.